The summed E-state index contributed by atoms with van der Waals surface area (Å²) in [5.74, 6) is -1.56. The van der Waals surface area contributed by atoms with Crippen LogP contribution in [-0.4, -0.2) is 60.9 Å². The summed E-state index contributed by atoms with van der Waals surface area (Å²) >= 11 is 0. The first kappa shape index (κ1) is 18.9. The van der Waals surface area contributed by atoms with Gasteiger partial charge in [0, 0.05) is 32.7 Å². The van der Waals surface area contributed by atoms with E-state index in [2.05, 4.69) is 0 Å². The van der Waals surface area contributed by atoms with E-state index in [1.165, 1.54) is 29.2 Å². The molecule has 0 unspecified atom stereocenters. The molecule has 1 heterocycles. The Bertz CT molecular complexity index is 637. The molecule has 2 amide bonds. The van der Waals surface area contributed by atoms with Gasteiger partial charge in [0.25, 0.3) is 11.8 Å². The molecule has 0 radical (unpaired) electrons. The fraction of sp³-hybridized carbons (Fsp3) is 0.500. The van der Waals surface area contributed by atoms with Gasteiger partial charge in [-0.25, -0.2) is 4.39 Å². The summed E-state index contributed by atoms with van der Waals surface area (Å²) in [4.78, 5) is 39.3. The van der Waals surface area contributed by atoms with Gasteiger partial charge in [-0.15, -0.1) is 0 Å². The lowest BCUT2D eigenvalue weighted by molar-refractivity contribution is -0.162. The number of carbonyl (C=O) groups is 3. The van der Waals surface area contributed by atoms with Crippen molar-refractivity contribution in [2.24, 2.45) is 5.92 Å². The summed E-state index contributed by atoms with van der Waals surface area (Å²) in [6.45, 7) is 2.39. The van der Waals surface area contributed by atoms with E-state index in [1.54, 1.807) is 25.9 Å². The van der Waals surface area contributed by atoms with E-state index in [0.717, 1.165) is 0 Å². The molecule has 0 saturated carbocycles. The fourth-order valence-corrected chi connectivity index (χ4v) is 2.78. The Morgan fingerprint density at radius 2 is 1.72 bits per heavy atom. The Kier molecular flexibility index (Phi) is 6.12. The third-order valence-electron chi connectivity index (χ3n) is 4.29. The van der Waals surface area contributed by atoms with Crippen molar-refractivity contribution in [1.82, 2.24) is 9.80 Å². The van der Waals surface area contributed by atoms with Gasteiger partial charge in [0.15, 0.2) is 6.10 Å². The quantitative estimate of drug-likeness (QED) is 0.775. The van der Waals surface area contributed by atoms with Crippen LogP contribution in [0.4, 0.5) is 4.39 Å². The third-order valence-corrected chi connectivity index (χ3v) is 4.29. The smallest absolute Gasteiger partial charge is 0.309 e. The second-order valence-corrected chi connectivity index (χ2v) is 6.39. The Labute approximate surface area is 146 Å². The van der Waals surface area contributed by atoms with Crippen molar-refractivity contribution >= 4 is 17.8 Å². The average Bonchev–Trinajstić information content (AvgIpc) is 2.61. The average molecular weight is 350 g/mol. The van der Waals surface area contributed by atoms with E-state index >= 15 is 0 Å². The minimum Gasteiger partial charge on any atom is -0.452 e. The summed E-state index contributed by atoms with van der Waals surface area (Å²) in [5, 5.41) is 0. The zero-order valence-corrected chi connectivity index (χ0v) is 14.7. The molecule has 2 rings (SSSR count). The number of likely N-dealkylation sites (N-methyl/N-ethyl adjacent to an activating group) is 1. The van der Waals surface area contributed by atoms with Crippen LogP contribution in [0.25, 0.3) is 0 Å². The predicted octanol–water partition coefficient (Wildman–Crippen LogP) is 1.70. The number of hydrogen-bond acceptors (Lipinski definition) is 4. The summed E-state index contributed by atoms with van der Waals surface area (Å²) in [6.07, 6.45) is 0.143. The third kappa shape index (κ3) is 4.78. The van der Waals surface area contributed by atoms with Crippen LogP contribution in [0, 0.1) is 11.7 Å². The number of likely N-dealkylation sites (tertiary alicyclic amines) is 1. The highest BCUT2D eigenvalue weighted by molar-refractivity contribution is 5.94. The van der Waals surface area contributed by atoms with Crippen LogP contribution < -0.4 is 0 Å². The van der Waals surface area contributed by atoms with Gasteiger partial charge in [-0.2, -0.15) is 0 Å². The van der Waals surface area contributed by atoms with E-state index in [4.69, 9.17) is 4.74 Å². The van der Waals surface area contributed by atoms with Gasteiger partial charge >= 0.3 is 5.97 Å². The van der Waals surface area contributed by atoms with Gasteiger partial charge in [-0.05, 0) is 44.0 Å². The SMILES string of the molecule is C[C@H](OC(=O)C1CCN(C(=O)c2ccc(F)cc2)CC1)C(=O)N(C)C. The van der Waals surface area contributed by atoms with E-state index in [9.17, 15) is 18.8 Å². The number of amides is 2. The van der Waals surface area contributed by atoms with E-state index in [-0.39, 0.29) is 23.5 Å². The Morgan fingerprint density at radius 1 is 1.16 bits per heavy atom. The summed E-state index contributed by atoms with van der Waals surface area (Å²) in [7, 11) is 3.21. The number of rotatable bonds is 4. The molecule has 1 aromatic carbocycles. The van der Waals surface area contributed by atoms with E-state index in [0.29, 0.717) is 31.5 Å². The first-order valence-electron chi connectivity index (χ1n) is 8.26. The van der Waals surface area contributed by atoms with Gasteiger partial charge in [0.1, 0.15) is 5.82 Å². The minimum atomic E-state index is -0.818. The molecule has 1 aromatic rings. The minimum absolute atomic E-state index is 0.178. The summed E-state index contributed by atoms with van der Waals surface area (Å²) in [5.41, 5.74) is 0.424. The van der Waals surface area contributed by atoms with Crippen LogP contribution >= 0.6 is 0 Å². The molecule has 0 aromatic heterocycles. The van der Waals surface area contributed by atoms with Gasteiger partial charge in [0.05, 0.1) is 5.92 Å². The standard InChI is InChI=1S/C18H23FN2O4/c1-12(16(22)20(2)3)25-18(24)14-8-10-21(11-9-14)17(23)13-4-6-15(19)7-5-13/h4-7,12,14H,8-11H2,1-3H3/t12-/m0/s1. The molecule has 0 N–H and O–H groups in total. The molecule has 0 bridgehead atoms. The number of carbonyl (C=O) groups excluding carboxylic acids is 3. The molecule has 1 aliphatic rings. The summed E-state index contributed by atoms with van der Waals surface area (Å²) < 4.78 is 18.2. The number of halogens is 1. The van der Waals surface area contributed by atoms with Crippen LogP contribution in [0.15, 0.2) is 24.3 Å². The molecular weight excluding hydrogens is 327 g/mol. The van der Waals surface area contributed by atoms with Gasteiger partial charge in [0.2, 0.25) is 0 Å². The van der Waals surface area contributed by atoms with Crippen molar-refractivity contribution in [1.29, 1.82) is 0 Å². The fourth-order valence-electron chi connectivity index (χ4n) is 2.78. The van der Waals surface area contributed by atoms with Crippen molar-refractivity contribution in [3.8, 4) is 0 Å². The lowest BCUT2D eigenvalue weighted by atomic mass is 9.96. The largest absolute Gasteiger partial charge is 0.452 e. The first-order chi connectivity index (χ1) is 11.8. The van der Waals surface area contributed by atoms with Crippen molar-refractivity contribution in [2.45, 2.75) is 25.9 Å². The van der Waals surface area contributed by atoms with Crippen molar-refractivity contribution in [3.63, 3.8) is 0 Å². The number of benzene rings is 1. The highest BCUT2D eigenvalue weighted by atomic mass is 19.1. The number of hydrogen-bond donors (Lipinski definition) is 0. The van der Waals surface area contributed by atoms with Crippen LogP contribution in [0.5, 0.6) is 0 Å². The van der Waals surface area contributed by atoms with E-state index < -0.39 is 12.1 Å². The molecule has 1 atom stereocenters. The topological polar surface area (TPSA) is 66.9 Å². The maximum atomic E-state index is 12.9. The van der Waals surface area contributed by atoms with Crippen LogP contribution in [0.1, 0.15) is 30.1 Å². The number of esters is 1. The first-order valence-corrected chi connectivity index (χ1v) is 8.26. The predicted molar refractivity (Wildman–Crippen MR) is 89.3 cm³/mol. The Morgan fingerprint density at radius 3 is 2.24 bits per heavy atom. The molecule has 136 valence electrons. The molecule has 1 saturated heterocycles. The Balaban J connectivity index is 1.86. The lowest BCUT2D eigenvalue weighted by Gasteiger charge is -2.31. The lowest BCUT2D eigenvalue weighted by Crippen LogP contribution is -2.42. The second kappa shape index (κ2) is 8.09. The van der Waals surface area contributed by atoms with Crippen molar-refractivity contribution in [3.05, 3.63) is 35.6 Å². The second-order valence-electron chi connectivity index (χ2n) is 6.39. The normalized spacial score (nSPS) is 16.2. The summed E-state index contributed by atoms with van der Waals surface area (Å²) in [6, 6.07) is 5.40. The highest BCUT2D eigenvalue weighted by Gasteiger charge is 2.31. The maximum Gasteiger partial charge on any atom is 0.309 e. The molecule has 25 heavy (non-hydrogen) atoms. The number of nitrogens with zero attached hydrogens (tertiary/aromatic N) is 2. The number of piperidine rings is 1. The van der Waals surface area contributed by atoms with Crippen molar-refractivity contribution < 1.29 is 23.5 Å². The van der Waals surface area contributed by atoms with Gasteiger partial charge in [-0.3, -0.25) is 14.4 Å². The Hall–Kier alpha value is -2.44. The van der Waals surface area contributed by atoms with E-state index in [1.807, 2.05) is 0 Å². The molecule has 7 heteroatoms. The molecule has 0 aliphatic carbocycles. The van der Waals surface area contributed by atoms with Crippen LogP contribution in [-0.2, 0) is 14.3 Å². The van der Waals surface area contributed by atoms with Crippen LogP contribution in [0.2, 0.25) is 0 Å². The molecular formula is C18H23FN2O4. The molecule has 6 nitrogen and oxygen atoms in total. The molecule has 1 aliphatic heterocycles. The van der Waals surface area contributed by atoms with Crippen molar-refractivity contribution in [2.75, 3.05) is 27.2 Å². The zero-order chi connectivity index (χ0) is 18.6. The monoisotopic (exact) mass is 350 g/mol. The van der Waals surface area contributed by atoms with Crippen LogP contribution in [0.3, 0.4) is 0 Å². The zero-order valence-electron chi connectivity index (χ0n) is 14.7. The van der Waals surface area contributed by atoms with Gasteiger partial charge in [-0.1, -0.05) is 0 Å². The maximum absolute atomic E-state index is 12.9. The molecule has 0 spiro atoms. The number of ether oxygens (including phenoxy) is 1. The highest BCUT2D eigenvalue weighted by Crippen LogP contribution is 2.21. The molecule has 1 fully saturated rings. The van der Waals surface area contributed by atoms with Gasteiger partial charge < -0.3 is 14.5 Å².